The van der Waals surface area contributed by atoms with Crippen LogP contribution in [0.1, 0.15) is 42.9 Å². The maximum absolute atomic E-state index is 13.7. The van der Waals surface area contributed by atoms with Crippen LogP contribution in [0.15, 0.2) is 59.2 Å². The van der Waals surface area contributed by atoms with Crippen molar-refractivity contribution in [1.82, 2.24) is 0 Å². The van der Waals surface area contributed by atoms with E-state index in [9.17, 15) is 19.7 Å². The van der Waals surface area contributed by atoms with E-state index < -0.39 is 19.0 Å². The molecule has 2 heterocycles. The first-order valence-corrected chi connectivity index (χ1v) is 13.6. The number of anilines is 1. The van der Waals surface area contributed by atoms with Gasteiger partial charge in [-0.3, -0.25) is 14.5 Å². The number of carbonyl (C=O) groups excluding carboxylic acids is 2. The predicted molar refractivity (Wildman–Crippen MR) is 151 cm³/mol. The van der Waals surface area contributed by atoms with E-state index in [1.807, 2.05) is 44.2 Å². The first-order valence-electron chi connectivity index (χ1n) is 13.6. The molecule has 39 heavy (non-hydrogen) atoms. The monoisotopic (exact) mass is 529 g/mol. The van der Waals surface area contributed by atoms with E-state index in [0.717, 1.165) is 39.8 Å². The third-order valence-corrected chi connectivity index (χ3v) is 8.37. The molecule has 0 unspecified atom stereocenters. The molecule has 204 valence electrons. The Bertz CT molecular complexity index is 1310. The highest BCUT2D eigenvalue weighted by atomic mass is 16.5. The number of aromatic hydroxyl groups is 1. The normalized spacial score (nSPS) is 25.3. The number of phenolic OH excluding ortho intramolecular Hbond substituents is 1. The van der Waals surface area contributed by atoms with Crippen molar-refractivity contribution in [2.24, 2.45) is 17.8 Å². The van der Waals surface area contributed by atoms with Crippen LogP contribution in [0.3, 0.4) is 0 Å². The molecule has 2 amide bonds. The molecule has 0 spiro atoms. The number of carbonyl (C=O) groups is 2. The minimum absolute atomic E-state index is 0.181. The number of methoxy groups -OCH3 is 1. The number of nitrogens with zero attached hydrogens (tertiary/aromatic N) is 1. The summed E-state index contributed by atoms with van der Waals surface area (Å²) in [5.41, 5.74) is 6.44. The molecular formula is C31H36BNO6. The van der Waals surface area contributed by atoms with Crippen LogP contribution < -0.4 is 4.90 Å². The SMILES string of the molecule is COCC1=C2[C@@H](CC/C(C)=C/c3cc(C)c(O)c(C)c3)OB(O)C[C@@H]2[C@@H]2C(=O)N(c3ccccc3)C(=O)[C@@H]2C1. The molecule has 2 aromatic carbocycles. The minimum Gasteiger partial charge on any atom is -0.507 e. The zero-order valence-electron chi connectivity index (χ0n) is 23.0. The van der Waals surface area contributed by atoms with E-state index in [1.54, 1.807) is 19.2 Å². The van der Waals surface area contributed by atoms with Crippen molar-refractivity contribution in [2.75, 3.05) is 18.6 Å². The lowest BCUT2D eigenvalue weighted by molar-refractivity contribution is -0.122. The van der Waals surface area contributed by atoms with Crippen LogP contribution in [0.5, 0.6) is 5.75 Å². The fraction of sp³-hybridized carbons (Fsp3) is 0.419. The topological polar surface area (TPSA) is 96.3 Å². The quantitative estimate of drug-likeness (QED) is 0.303. The van der Waals surface area contributed by atoms with Gasteiger partial charge in [-0.1, -0.05) is 29.8 Å². The molecule has 1 aliphatic carbocycles. The Hall–Kier alpha value is -3.20. The van der Waals surface area contributed by atoms with Gasteiger partial charge in [0.25, 0.3) is 0 Å². The molecule has 8 heteroatoms. The molecule has 5 rings (SSSR count). The molecule has 0 radical (unpaired) electrons. The van der Waals surface area contributed by atoms with Crippen LogP contribution in [0, 0.1) is 31.6 Å². The third-order valence-electron chi connectivity index (χ3n) is 8.37. The number of imide groups is 1. The Morgan fingerprint density at radius 1 is 1.13 bits per heavy atom. The Labute approximate surface area is 230 Å². The van der Waals surface area contributed by atoms with Crippen molar-refractivity contribution in [3.05, 3.63) is 75.9 Å². The highest BCUT2D eigenvalue weighted by molar-refractivity contribution is 6.43. The van der Waals surface area contributed by atoms with Crippen molar-refractivity contribution in [3.63, 3.8) is 0 Å². The zero-order valence-corrected chi connectivity index (χ0v) is 23.0. The fourth-order valence-corrected chi connectivity index (χ4v) is 6.69. The number of phenols is 1. The van der Waals surface area contributed by atoms with Crippen LogP contribution in [-0.2, 0) is 19.0 Å². The smallest absolute Gasteiger partial charge is 0.455 e. The van der Waals surface area contributed by atoms with Crippen molar-refractivity contribution >= 4 is 30.7 Å². The molecule has 4 atom stereocenters. The summed E-state index contributed by atoms with van der Waals surface area (Å²) in [7, 11) is 0.626. The number of ether oxygens (including phenoxy) is 1. The Morgan fingerprint density at radius 2 is 1.82 bits per heavy atom. The first-order chi connectivity index (χ1) is 18.7. The average Bonchev–Trinajstić information content (AvgIpc) is 3.15. The van der Waals surface area contributed by atoms with Crippen LogP contribution in [0.4, 0.5) is 5.69 Å². The van der Waals surface area contributed by atoms with Crippen molar-refractivity contribution in [3.8, 4) is 5.75 Å². The van der Waals surface area contributed by atoms with E-state index in [1.165, 1.54) is 4.90 Å². The van der Waals surface area contributed by atoms with Crippen molar-refractivity contribution in [2.45, 2.75) is 52.5 Å². The van der Waals surface area contributed by atoms with E-state index in [2.05, 4.69) is 13.0 Å². The number of amides is 2. The van der Waals surface area contributed by atoms with Gasteiger partial charge in [-0.15, -0.1) is 0 Å². The molecular weight excluding hydrogens is 493 g/mol. The Kier molecular flexibility index (Phi) is 7.81. The largest absolute Gasteiger partial charge is 0.507 e. The number of hydrogen-bond acceptors (Lipinski definition) is 6. The summed E-state index contributed by atoms with van der Waals surface area (Å²) in [6.45, 7) is 6.20. The lowest BCUT2D eigenvalue weighted by atomic mass is 9.58. The molecule has 7 nitrogen and oxygen atoms in total. The molecule has 0 bridgehead atoms. The van der Waals surface area contributed by atoms with Gasteiger partial charge in [0.05, 0.1) is 30.2 Å². The summed E-state index contributed by atoms with van der Waals surface area (Å²) in [6.07, 6.45) is 3.83. The maximum Gasteiger partial charge on any atom is 0.455 e. The van der Waals surface area contributed by atoms with Gasteiger partial charge >= 0.3 is 7.12 Å². The van der Waals surface area contributed by atoms with Gasteiger partial charge in [0, 0.05) is 7.11 Å². The summed E-state index contributed by atoms with van der Waals surface area (Å²) < 4.78 is 11.6. The summed E-state index contributed by atoms with van der Waals surface area (Å²) >= 11 is 0. The second-order valence-corrected chi connectivity index (χ2v) is 11.1. The van der Waals surface area contributed by atoms with Gasteiger partial charge in [0.1, 0.15) is 5.75 Å². The summed E-state index contributed by atoms with van der Waals surface area (Å²) in [4.78, 5) is 28.6. The average molecular weight is 529 g/mol. The second kappa shape index (κ2) is 11.1. The van der Waals surface area contributed by atoms with Gasteiger partial charge in [0.2, 0.25) is 11.8 Å². The number of para-hydroxylation sites is 1. The summed E-state index contributed by atoms with van der Waals surface area (Å²) in [5.74, 6) is -1.32. The lowest BCUT2D eigenvalue weighted by Crippen LogP contribution is -2.46. The maximum atomic E-state index is 13.7. The van der Waals surface area contributed by atoms with Crippen LogP contribution >= 0.6 is 0 Å². The molecule has 3 aliphatic rings. The molecule has 2 aromatic rings. The number of aryl methyl sites for hydroxylation is 2. The third kappa shape index (κ3) is 5.21. The zero-order chi connectivity index (χ0) is 27.8. The second-order valence-electron chi connectivity index (χ2n) is 11.1. The number of rotatable bonds is 7. The van der Waals surface area contributed by atoms with Crippen LogP contribution in [0.25, 0.3) is 6.08 Å². The molecule has 2 aliphatic heterocycles. The highest BCUT2D eigenvalue weighted by Crippen LogP contribution is 2.51. The Balaban J connectivity index is 1.42. The van der Waals surface area contributed by atoms with Gasteiger partial charge < -0.3 is 19.5 Å². The number of hydrogen-bond donors (Lipinski definition) is 2. The van der Waals surface area contributed by atoms with Gasteiger partial charge in [-0.05, 0) is 104 Å². The number of allylic oxidation sites excluding steroid dienone is 1. The predicted octanol–water partition coefficient (Wildman–Crippen LogP) is 4.84. The summed E-state index contributed by atoms with van der Waals surface area (Å²) in [5, 5.41) is 20.9. The van der Waals surface area contributed by atoms with Crippen LogP contribution in [0.2, 0.25) is 6.32 Å². The molecule has 2 saturated heterocycles. The first kappa shape index (κ1) is 27.4. The van der Waals surface area contributed by atoms with Crippen LogP contribution in [-0.4, -0.2) is 48.9 Å². The van der Waals surface area contributed by atoms with Gasteiger partial charge in [-0.2, -0.15) is 0 Å². The molecule has 0 saturated carbocycles. The summed E-state index contributed by atoms with van der Waals surface area (Å²) in [6, 6.07) is 13.0. The van der Waals surface area contributed by atoms with Gasteiger partial charge in [0.15, 0.2) is 0 Å². The minimum atomic E-state index is -1.01. The van der Waals surface area contributed by atoms with E-state index in [-0.39, 0.29) is 30.2 Å². The molecule has 2 fully saturated rings. The Morgan fingerprint density at radius 3 is 2.49 bits per heavy atom. The van der Waals surface area contributed by atoms with Crippen molar-refractivity contribution in [1.29, 1.82) is 0 Å². The van der Waals surface area contributed by atoms with Gasteiger partial charge in [-0.25, -0.2) is 0 Å². The fourth-order valence-electron chi connectivity index (χ4n) is 6.69. The molecule has 2 N–H and O–H groups in total. The number of fused-ring (bicyclic) bond motifs is 3. The highest BCUT2D eigenvalue weighted by Gasteiger charge is 2.57. The lowest BCUT2D eigenvalue weighted by Gasteiger charge is -2.43. The van der Waals surface area contributed by atoms with E-state index in [4.69, 9.17) is 9.39 Å². The van der Waals surface area contributed by atoms with E-state index >= 15 is 0 Å². The molecule has 0 aromatic heterocycles. The standard InChI is InChI=1S/C31H36BNO6/c1-18(12-21-13-19(2)29(34)20(3)14-21)10-11-26-27-22(17-38-4)15-24-28(25(27)16-32(37)39-26)31(36)33(30(24)35)23-8-6-5-7-9-23/h5-9,12-14,24-26,28,34,37H,10-11,15-17H2,1-4H3/b18-12+/t24-,25+,26-,28-/m1/s1. The van der Waals surface area contributed by atoms with Crippen molar-refractivity contribution < 1.29 is 29.1 Å². The number of benzene rings is 2. The van der Waals surface area contributed by atoms with E-state index in [0.29, 0.717) is 30.9 Å².